The first-order valence-electron chi connectivity index (χ1n) is 9.47. The number of nitrogens with zero attached hydrogens (tertiary/aromatic N) is 1. The van der Waals surface area contributed by atoms with Gasteiger partial charge in [0, 0.05) is 12.2 Å². The van der Waals surface area contributed by atoms with E-state index in [1.807, 2.05) is 19.2 Å². The summed E-state index contributed by atoms with van der Waals surface area (Å²) in [6.45, 7) is 1.96. The summed E-state index contributed by atoms with van der Waals surface area (Å²) in [5.41, 5.74) is 3.73. The van der Waals surface area contributed by atoms with Crippen LogP contribution in [0, 0.1) is 11.3 Å². The van der Waals surface area contributed by atoms with Crippen molar-refractivity contribution >= 4 is 23.6 Å². The molecule has 150 valence electrons. The van der Waals surface area contributed by atoms with E-state index in [9.17, 15) is 20.0 Å². The highest BCUT2D eigenvalue weighted by atomic mass is 32.2. The van der Waals surface area contributed by atoms with Crippen LogP contribution in [-0.4, -0.2) is 35.0 Å². The van der Waals surface area contributed by atoms with E-state index in [2.05, 4.69) is 28.8 Å². The van der Waals surface area contributed by atoms with Crippen molar-refractivity contribution in [3.63, 3.8) is 0 Å². The Labute approximate surface area is 170 Å². The molecule has 1 aromatic carbocycles. The molecule has 2 rings (SSSR count). The SMILES string of the molecule is CSCCC(NC(=O)/C(C#N)=C\NC(C)c1ccc2c(c1)CCCC2)C(=O)O. The maximum Gasteiger partial charge on any atom is 0.326 e. The van der Waals surface area contributed by atoms with Gasteiger partial charge in [-0.1, -0.05) is 18.2 Å². The number of amides is 1. The molecule has 2 unspecified atom stereocenters. The lowest BCUT2D eigenvalue weighted by molar-refractivity contribution is -0.141. The third-order valence-electron chi connectivity index (χ3n) is 4.93. The van der Waals surface area contributed by atoms with Crippen LogP contribution in [-0.2, 0) is 22.4 Å². The first-order chi connectivity index (χ1) is 13.5. The Balaban J connectivity index is 2.02. The molecule has 0 fully saturated rings. The molecular weight excluding hydrogens is 374 g/mol. The van der Waals surface area contributed by atoms with Crippen molar-refractivity contribution in [1.82, 2.24) is 10.6 Å². The standard InChI is InChI=1S/C21H27N3O3S/c1-14(16-8-7-15-5-3-4-6-17(15)11-16)23-13-18(12-22)20(25)24-19(21(26)27)9-10-28-2/h7-8,11,13-14,19,23H,3-6,9-10H2,1-2H3,(H,24,25)(H,26,27)/b18-13-. The number of carbonyl (C=O) groups is 2. The number of hydrogen-bond donors (Lipinski definition) is 3. The minimum absolute atomic E-state index is 0.0739. The van der Waals surface area contributed by atoms with Gasteiger partial charge in [0.1, 0.15) is 17.7 Å². The van der Waals surface area contributed by atoms with Gasteiger partial charge in [0.05, 0.1) is 0 Å². The summed E-state index contributed by atoms with van der Waals surface area (Å²) >= 11 is 1.50. The van der Waals surface area contributed by atoms with Gasteiger partial charge in [0.2, 0.25) is 0 Å². The predicted octanol–water partition coefficient (Wildman–Crippen LogP) is 2.95. The first kappa shape index (κ1) is 21.8. The quantitative estimate of drug-likeness (QED) is 0.434. The maximum atomic E-state index is 12.3. The van der Waals surface area contributed by atoms with Crippen molar-refractivity contribution in [1.29, 1.82) is 5.26 Å². The van der Waals surface area contributed by atoms with Crippen LogP contribution in [0.5, 0.6) is 0 Å². The number of carboxylic acids is 1. The minimum atomic E-state index is -1.10. The summed E-state index contributed by atoms with van der Waals surface area (Å²) in [4.78, 5) is 23.6. The molecule has 0 aliphatic heterocycles. The lowest BCUT2D eigenvalue weighted by atomic mass is 9.89. The highest BCUT2D eigenvalue weighted by Gasteiger charge is 2.21. The van der Waals surface area contributed by atoms with Crippen molar-refractivity contribution in [2.24, 2.45) is 0 Å². The van der Waals surface area contributed by atoms with Crippen molar-refractivity contribution in [3.05, 3.63) is 46.7 Å². The van der Waals surface area contributed by atoms with E-state index in [4.69, 9.17) is 0 Å². The van der Waals surface area contributed by atoms with Gasteiger partial charge in [-0.2, -0.15) is 17.0 Å². The van der Waals surface area contributed by atoms with Gasteiger partial charge in [-0.3, -0.25) is 4.79 Å². The number of nitriles is 1. The Morgan fingerprint density at radius 2 is 2.04 bits per heavy atom. The molecule has 28 heavy (non-hydrogen) atoms. The maximum absolute atomic E-state index is 12.3. The van der Waals surface area contributed by atoms with Gasteiger partial charge >= 0.3 is 5.97 Å². The van der Waals surface area contributed by atoms with Crippen LogP contribution in [0.15, 0.2) is 30.0 Å². The van der Waals surface area contributed by atoms with E-state index < -0.39 is 17.9 Å². The zero-order valence-corrected chi connectivity index (χ0v) is 17.1. The fourth-order valence-corrected chi connectivity index (χ4v) is 3.68. The van der Waals surface area contributed by atoms with Crippen LogP contribution in [0.1, 0.15) is 48.9 Å². The second-order valence-corrected chi connectivity index (χ2v) is 7.92. The number of fused-ring (bicyclic) bond motifs is 1. The van der Waals surface area contributed by atoms with E-state index in [-0.39, 0.29) is 11.6 Å². The molecule has 7 heteroatoms. The predicted molar refractivity (Wildman–Crippen MR) is 111 cm³/mol. The molecule has 0 radical (unpaired) electrons. The summed E-state index contributed by atoms with van der Waals surface area (Å²) in [5.74, 6) is -1.17. The molecule has 0 aromatic heterocycles. The summed E-state index contributed by atoms with van der Waals surface area (Å²) in [6.07, 6.45) is 8.19. The largest absolute Gasteiger partial charge is 0.480 e. The highest BCUT2D eigenvalue weighted by Crippen LogP contribution is 2.24. The molecule has 2 atom stereocenters. The number of aryl methyl sites for hydroxylation is 2. The van der Waals surface area contributed by atoms with Gasteiger partial charge in [-0.15, -0.1) is 0 Å². The van der Waals surface area contributed by atoms with Crippen LogP contribution < -0.4 is 10.6 Å². The molecule has 1 amide bonds. The van der Waals surface area contributed by atoms with Gasteiger partial charge in [-0.05, 0) is 67.7 Å². The van der Waals surface area contributed by atoms with Gasteiger partial charge in [-0.25, -0.2) is 4.79 Å². The van der Waals surface area contributed by atoms with Crippen LogP contribution >= 0.6 is 11.8 Å². The second kappa shape index (κ2) is 10.8. The molecule has 1 aliphatic carbocycles. The molecule has 3 N–H and O–H groups in total. The molecule has 0 saturated heterocycles. The number of benzene rings is 1. The third kappa shape index (κ3) is 6.03. The molecular formula is C21H27N3O3S. The number of nitrogens with one attached hydrogen (secondary N) is 2. The lowest BCUT2D eigenvalue weighted by Gasteiger charge is -2.19. The van der Waals surface area contributed by atoms with E-state index in [1.165, 1.54) is 41.9 Å². The van der Waals surface area contributed by atoms with E-state index in [0.717, 1.165) is 18.4 Å². The number of carboxylic acid groups (broad SMARTS) is 1. The molecule has 0 bridgehead atoms. The third-order valence-corrected chi connectivity index (χ3v) is 5.57. The summed E-state index contributed by atoms with van der Waals surface area (Å²) in [6, 6.07) is 7.19. The number of hydrogen-bond acceptors (Lipinski definition) is 5. The Morgan fingerprint density at radius 3 is 2.68 bits per heavy atom. The normalized spacial score (nSPS) is 15.7. The average molecular weight is 402 g/mol. The Kier molecular flexibility index (Phi) is 8.40. The summed E-state index contributed by atoms with van der Waals surface area (Å²) in [5, 5.41) is 24.0. The summed E-state index contributed by atoms with van der Waals surface area (Å²) in [7, 11) is 0. The first-order valence-corrected chi connectivity index (χ1v) is 10.9. The van der Waals surface area contributed by atoms with E-state index in [0.29, 0.717) is 12.2 Å². The van der Waals surface area contributed by atoms with Crippen LogP contribution in [0.4, 0.5) is 0 Å². The molecule has 0 spiro atoms. The molecule has 0 heterocycles. The van der Waals surface area contributed by atoms with Gasteiger partial charge < -0.3 is 15.7 Å². The fourth-order valence-electron chi connectivity index (χ4n) is 3.20. The Morgan fingerprint density at radius 1 is 1.32 bits per heavy atom. The zero-order chi connectivity index (χ0) is 20.5. The van der Waals surface area contributed by atoms with Crippen molar-refractivity contribution in [2.75, 3.05) is 12.0 Å². The molecule has 1 aromatic rings. The van der Waals surface area contributed by atoms with Crippen LogP contribution in [0.25, 0.3) is 0 Å². The monoisotopic (exact) mass is 401 g/mol. The van der Waals surface area contributed by atoms with Crippen molar-refractivity contribution in [3.8, 4) is 6.07 Å². The van der Waals surface area contributed by atoms with Gasteiger partial charge in [0.15, 0.2) is 0 Å². The molecule has 6 nitrogen and oxygen atoms in total. The topological polar surface area (TPSA) is 102 Å². The van der Waals surface area contributed by atoms with Gasteiger partial charge in [0.25, 0.3) is 5.91 Å². The van der Waals surface area contributed by atoms with Crippen LogP contribution in [0.3, 0.4) is 0 Å². The fraction of sp³-hybridized carbons (Fsp3) is 0.476. The number of aliphatic carboxylic acids is 1. The molecule has 1 aliphatic rings. The zero-order valence-electron chi connectivity index (χ0n) is 16.3. The second-order valence-electron chi connectivity index (χ2n) is 6.94. The lowest BCUT2D eigenvalue weighted by Crippen LogP contribution is -2.42. The summed E-state index contributed by atoms with van der Waals surface area (Å²) < 4.78 is 0. The Hall–Kier alpha value is -2.46. The van der Waals surface area contributed by atoms with E-state index >= 15 is 0 Å². The smallest absolute Gasteiger partial charge is 0.326 e. The highest BCUT2D eigenvalue weighted by molar-refractivity contribution is 7.98. The van der Waals surface area contributed by atoms with Crippen molar-refractivity contribution < 1.29 is 14.7 Å². The minimum Gasteiger partial charge on any atom is -0.480 e. The Bertz CT molecular complexity index is 786. The number of rotatable bonds is 9. The van der Waals surface area contributed by atoms with Crippen LogP contribution in [0.2, 0.25) is 0 Å². The molecule has 0 saturated carbocycles. The van der Waals surface area contributed by atoms with E-state index in [1.54, 1.807) is 0 Å². The number of carbonyl (C=O) groups excluding carboxylic acids is 1. The number of thioether (sulfide) groups is 1. The van der Waals surface area contributed by atoms with Crippen molar-refractivity contribution in [2.45, 2.75) is 51.1 Å². The average Bonchev–Trinajstić information content (AvgIpc) is 2.70.